The van der Waals surface area contributed by atoms with Crippen molar-refractivity contribution in [3.63, 3.8) is 0 Å². The number of amides is 2. The molecule has 0 saturated carbocycles. The van der Waals surface area contributed by atoms with Gasteiger partial charge in [0.05, 0.1) is 0 Å². The monoisotopic (exact) mass is 244 g/mol. The summed E-state index contributed by atoms with van der Waals surface area (Å²) in [6, 6.07) is 0. The summed E-state index contributed by atoms with van der Waals surface area (Å²) in [6.45, 7) is 6.87. The van der Waals surface area contributed by atoms with Crippen molar-refractivity contribution < 1.29 is 19.4 Å². The summed E-state index contributed by atoms with van der Waals surface area (Å²) in [5, 5.41) is 11.4. The molecule has 0 unspecified atom stereocenters. The van der Waals surface area contributed by atoms with Gasteiger partial charge in [-0.15, -0.1) is 0 Å². The standard InChI is InChI=1S/C11H20N2O4/c1-11(2,3)17-9(14)12-6-8-4-5-13(7-8)10(15)16/h8H,4-7H2,1-3H3,(H,12,14)(H,15,16)/t8-/m1/s1. The molecular formula is C11H20N2O4. The molecule has 0 aromatic carbocycles. The molecule has 1 rings (SSSR count). The molecule has 6 nitrogen and oxygen atoms in total. The Hall–Kier alpha value is -1.46. The molecule has 2 amide bonds. The van der Waals surface area contributed by atoms with Crippen molar-refractivity contribution in [1.29, 1.82) is 0 Å². The van der Waals surface area contributed by atoms with E-state index >= 15 is 0 Å². The van der Waals surface area contributed by atoms with Crippen LogP contribution in [0.25, 0.3) is 0 Å². The first kappa shape index (κ1) is 13.6. The highest BCUT2D eigenvalue weighted by Gasteiger charge is 2.26. The topological polar surface area (TPSA) is 78.9 Å². The van der Waals surface area contributed by atoms with Gasteiger partial charge in [-0.05, 0) is 33.1 Å². The Morgan fingerprint density at radius 2 is 2.12 bits per heavy atom. The third kappa shape index (κ3) is 4.93. The number of alkyl carbamates (subject to hydrolysis) is 1. The van der Waals surface area contributed by atoms with E-state index < -0.39 is 17.8 Å². The molecule has 17 heavy (non-hydrogen) atoms. The van der Waals surface area contributed by atoms with E-state index in [4.69, 9.17) is 9.84 Å². The number of carboxylic acid groups (broad SMARTS) is 1. The zero-order valence-corrected chi connectivity index (χ0v) is 10.5. The lowest BCUT2D eigenvalue weighted by molar-refractivity contribution is 0.0520. The third-order valence-corrected chi connectivity index (χ3v) is 2.49. The lowest BCUT2D eigenvalue weighted by Gasteiger charge is -2.20. The van der Waals surface area contributed by atoms with Gasteiger partial charge in [0, 0.05) is 19.6 Å². The first-order chi connectivity index (χ1) is 7.78. The fraction of sp³-hybridized carbons (Fsp3) is 0.818. The normalized spacial score (nSPS) is 20.2. The Bertz CT molecular complexity index is 298. The lowest BCUT2D eigenvalue weighted by Crippen LogP contribution is -2.36. The number of likely N-dealkylation sites (tertiary alicyclic amines) is 1. The molecule has 1 aliphatic rings. The van der Waals surface area contributed by atoms with E-state index in [1.165, 1.54) is 4.90 Å². The fourth-order valence-corrected chi connectivity index (χ4v) is 1.71. The minimum Gasteiger partial charge on any atom is -0.465 e. The van der Waals surface area contributed by atoms with Crippen LogP contribution in [0.2, 0.25) is 0 Å². The summed E-state index contributed by atoms with van der Waals surface area (Å²) in [6.07, 6.45) is -0.571. The maximum Gasteiger partial charge on any atom is 0.407 e. The average molecular weight is 244 g/mol. The van der Waals surface area contributed by atoms with Crippen LogP contribution >= 0.6 is 0 Å². The highest BCUT2D eigenvalue weighted by atomic mass is 16.6. The number of carbonyl (C=O) groups excluding carboxylic acids is 1. The van der Waals surface area contributed by atoms with Gasteiger partial charge in [-0.1, -0.05) is 0 Å². The van der Waals surface area contributed by atoms with Gasteiger partial charge in [0.25, 0.3) is 0 Å². The number of ether oxygens (including phenoxy) is 1. The fourth-order valence-electron chi connectivity index (χ4n) is 1.71. The largest absolute Gasteiger partial charge is 0.465 e. The number of hydrogen-bond donors (Lipinski definition) is 2. The smallest absolute Gasteiger partial charge is 0.407 e. The van der Waals surface area contributed by atoms with Gasteiger partial charge < -0.3 is 20.1 Å². The van der Waals surface area contributed by atoms with Gasteiger partial charge >= 0.3 is 12.2 Å². The Morgan fingerprint density at radius 3 is 2.59 bits per heavy atom. The van der Waals surface area contributed by atoms with E-state index in [1.807, 2.05) is 0 Å². The van der Waals surface area contributed by atoms with Crippen LogP contribution in [-0.2, 0) is 4.74 Å². The minimum absolute atomic E-state index is 0.179. The number of nitrogens with zero attached hydrogens (tertiary/aromatic N) is 1. The van der Waals surface area contributed by atoms with E-state index in [1.54, 1.807) is 20.8 Å². The van der Waals surface area contributed by atoms with Crippen LogP contribution in [0.15, 0.2) is 0 Å². The maximum atomic E-state index is 11.4. The predicted molar refractivity (Wildman–Crippen MR) is 61.9 cm³/mol. The average Bonchev–Trinajstić information content (AvgIpc) is 2.60. The highest BCUT2D eigenvalue weighted by Crippen LogP contribution is 2.15. The van der Waals surface area contributed by atoms with Gasteiger partial charge in [-0.3, -0.25) is 0 Å². The quantitative estimate of drug-likeness (QED) is 0.771. The van der Waals surface area contributed by atoms with Crippen molar-refractivity contribution in [2.75, 3.05) is 19.6 Å². The van der Waals surface area contributed by atoms with Crippen LogP contribution in [-0.4, -0.2) is 47.4 Å². The molecule has 0 aromatic rings. The summed E-state index contributed by atoms with van der Waals surface area (Å²) in [4.78, 5) is 23.4. The maximum absolute atomic E-state index is 11.4. The SMILES string of the molecule is CC(C)(C)OC(=O)NC[C@H]1CCN(C(=O)O)C1. The summed E-state index contributed by atoms with van der Waals surface area (Å²) < 4.78 is 5.09. The molecule has 1 fully saturated rings. The molecule has 1 aliphatic heterocycles. The van der Waals surface area contributed by atoms with Crippen LogP contribution in [0.3, 0.4) is 0 Å². The summed E-state index contributed by atoms with van der Waals surface area (Å²) in [5.41, 5.74) is -0.507. The zero-order valence-electron chi connectivity index (χ0n) is 10.5. The summed E-state index contributed by atoms with van der Waals surface area (Å²) in [5.74, 6) is 0.179. The second kappa shape index (κ2) is 5.25. The Balaban J connectivity index is 2.24. The molecule has 2 N–H and O–H groups in total. The molecule has 0 spiro atoms. The first-order valence-electron chi connectivity index (χ1n) is 5.72. The second-order valence-electron chi connectivity index (χ2n) is 5.27. The van der Waals surface area contributed by atoms with Gasteiger partial charge in [-0.25, -0.2) is 9.59 Å². The van der Waals surface area contributed by atoms with Crippen molar-refractivity contribution in [1.82, 2.24) is 10.2 Å². The van der Waals surface area contributed by atoms with Crippen LogP contribution < -0.4 is 5.32 Å². The predicted octanol–water partition coefficient (Wildman–Crippen LogP) is 1.51. The Labute approximate surface area is 101 Å². The van der Waals surface area contributed by atoms with E-state index in [0.717, 1.165) is 6.42 Å². The molecule has 1 atom stereocenters. The highest BCUT2D eigenvalue weighted by molar-refractivity contribution is 5.67. The van der Waals surface area contributed by atoms with E-state index in [-0.39, 0.29) is 5.92 Å². The number of nitrogens with one attached hydrogen (secondary N) is 1. The van der Waals surface area contributed by atoms with Crippen molar-refractivity contribution in [3.8, 4) is 0 Å². The van der Waals surface area contributed by atoms with Gasteiger partial charge in [0.1, 0.15) is 5.60 Å². The molecule has 0 radical (unpaired) electrons. The molecule has 6 heteroatoms. The molecule has 98 valence electrons. The van der Waals surface area contributed by atoms with E-state index in [9.17, 15) is 9.59 Å². The molecule has 1 heterocycles. The van der Waals surface area contributed by atoms with Crippen LogP contribution in [0.1, 0.15) is 27.2 Å². The molecule has 0 aromatic heterocycles. The molecule has 1 saturated heterocycles. The number of hydrogen-bond acceptors (Lipinski definition) is 3. The van der Waals surface area contributed by atoms with Gasteiger partial charge in [-0.2, -0.15) is 0 Å². The number of rotatable bonds is 2. The van der Waals surface area contributed by atoms with E-state index in [0.29, 0.717) is 19.6 Å². The second-order valence-corrected chi connectivity index (χ2v) is 5.27. The zero-order chi connectivity index (χ0) is 13.1. The lowest BCUT2D eigenvalue weighted by atomic mass is 10.1. The van der Waals surface area contributed by atoms with Crippen molar-refractivity contribution in [2.45, 2.75) is 32.8 Å². The van der Waals surface area contributed by atoms with Crippen molar-refractivity contribution >= 4 is 12.2 Å². The van der Waals surface area contributed by atoms with Gasteiger partial charge in [0.15, 0.2) is 0 Å². The molecular weight excluding hydrogens is 224 g/mol. The van der Waals surface area contributed by atoms with Crippen molar-refractivity contribution in [3.05, 3.63) is 0 Å². The Morgan fingerprint density at radius 1 is 1.47 bits per heavy atom. The summed E-state index contributed by atoms with van der Waals surface area (Å²) >= 11 is 0. The third-order valence-electron chi connectivity index (χ3n) is 2.49. The molecule has 0 bridgehead atoms. The first-order valence-corrected chi connectivity index (χ1v) is 5.72. The van der Waals surface area contributed by atoms with Crippen LogP contribution in [0.4, 0.5) is 9.59 Å². The minimum atomic E-state index is -0.898. The van der Waals surface area contributed by atoms with Crippen LogP contribution in [0, 0.1) is 5.92 Å². The molecule has 0 aliphatic carbocycles. The number of carbonyl (C=O) groups is 2. The summed E-state index contributed by atoms with van der Waals surface area (Å²) in [7, 11) is 0. The Kier molecular flexibility index (Phi) is 4.20. The van der Waals surface area contributed by atoms with Crippen molar-refractivity contribution in [2.24, 2.45) is 5.92 Å². The van der Waals surface area contributed by atoms with Gasteiger partial charge in [0.2, 0.25) is 0 Å². The van der Waals surface area contributed by atoms with E-state index in [2.05, 4.69) is 5.32 Å². The van der Waals surface area contributed by atoms with Crippen LogP contribution in [0.5, 0.6) is 0 Å².